The number of unbranched alkanes of at least 4 members (excludes halogenated alkanes) is 2. The van der Waals surface area contributed by atoms with Crippen LogP contribution in [0.25, 0.3) is 0 Å². The quantitative estimate of drug-likeness (QED) is 0.735. The van der Waals surface area contributed by atoms with E-state index in [2.05, 4.69) is 6.92 Å². The molecule has 15 heavy (non-hydrogen) atoms. The molecule has 3 heteroatoms. The Balaban J connectivity index is 2.57. The minimum absolute atomic E-state index is 0.133. The van der Waals surface area contributed by atoms with Crippen LogP contribution in [0, 0.1) is 5.82 Å². The van der Waals surface area contributed by atoms with Crippen LogP contribution in [0.15, 0.2) is 18.2 Å². The van der Waals surface area contributed by atoms with Gasteiger partial charge in [-0.15, -0.1) is 0 Å². The van der Waals surface area contributed by atoms with E-state index in [1.54, 1.807) is 6.07 Å². The van der Waals surface area contributed by atoms with Gasteiger partial charge in [-0.05, 0) is 24.1 Å². The van der Waals surface area contributed by atoms with Gasteiger partial charge in [0.05, 0.1) is 0 Å². The van der Waals surface area contributed by atoms with Gasteiger partial charge in [0.2, 0.25) is 0 Å². The summed E-state index contributed by atoms with van der Waals surface area (Å²) in [5.74, 6) is -0.919. The minimum atomic E-state index is -0.599. The monoisotopic (exact) mass is 211 g/mol. The Morgan fingerprint density at radius 2 is 2.13 bits per heavy atom. The van der Waals surface area contributed by atoms with Crippen LogP contribution in [-0.4, -0.2) is 5.11 Å². The second-order valence-electron chi connectivity index (χ2n) is 3.81. The predicted molar refractivity (Wildman–Crippen MR) is 59.1 cm³/mol. The van der Waals surface area contributed by atoms with E-state index >= 15 is 0 Å². The Bertz CT molecular complexity index is 314. The summed E-state index contributed by atoms with van der Waals surface area (Å²) in [6, 6.07) is 4.21. The molecule has 0 spiro atoms. The first-order valence-corrected chi connectivity index (χ1v) is 5.39. The third-order valence-electron chi connectivity index (χ3n) is 2.52. The predicted octanol–water partition coefficient (Wildman–Crippen LogP) is 3.11. The van der Waals surface area contributed by atoms with Gasteiger partial charge < -0.3 is 10.8 Å². The molecule has 0 unspecified atom stereocenters. The number of nitrogens with two attached hydrogens (primary N) is 1. The van der Waals surface area contributed by atoms with E-state index in [1.807, 2.05) is 0 Å². The molecule has 1 rings (SSSR count). The van der Waals surface area contributed by atoms with Crippen LogP contribution in [0.2, 0.25) is 0 Å². The maximum Gasteiger partial charge on any atom is 0.165 e. The lowest BCUT2D eigenvalue weighted by Gasteiger charge is -2.11. The molecule has 1 atom stereocenters. The van der Waals surface area contributed by atoms with E-state index in [0.717, 1.165) is 31.2 Å². The second kappa shape index (κ2) is 5.71. The Morgan fingerprint density at radius 3 is 2.73 bits per heavy atom. The van der Waals surface area contributed by atoms with E-state index in [9.17, 15) is 4.39 Å². The fourth-order valence-electron chi connectivity index (χ4n) is 1.53. The summed E-state index contributed by atoms with van der Waals surface area (Å²) in [7, 11) is 0. The SMILES string of the molecule is CCCCC[C@@H](N)c1ccc(O)c(F)c1. The Kier molecular flexibility index (Phi) is 4.56. The highest BCUT2D eigenvalue weighted by atomic mass is 19.1. The molecule has 1 aromatic rings. The Labute approximate surface area is 89.9 Å². The van der Waals surface area contributed by atoms with Crippen molar-refractivity contribution < 1.29 is 9.50 Å². The largest absolute Gasteiger partial charge is 0.505 e. The molecule has 0 saturated heterocycles. The van der Waals surface area contributed by atoms with Crippen LogP contribution < -0.4 is 5.73 Å². The molecule has 0 heterocycles. The summed E-state index contributed by atoms with van der Waals surface area (Å²) < 4.78 is 13.0. The van der Waals surface area contributed by atoms with Crippen LogP contribution in [0.3, 0.4) is 0 Å². The van der Waals surface area contributed by atoms with Gasteiger partial charge in [0.15, 0.2) is 11.6 Å². The van der Waals surface area contributed by atoms with E-state index in [-0.39, 0.29) is 11.8 Å². The normalized spacial score (nSPS) is 12.7. The average Bonchev–Trinajstić information content (AvgIpc) is 2.22. The number of hydrogen-bond donors (Lipinski definition) is 2. The Morgan fingerprint density at radius 1 is 1.40 bits per heavy atom. The van der Waals surface area contributed by atoms with Crippen molar-refractivity contribution in [2.75, 3.05) is 0 Å². The van der Waals surface area contributed by atoms with Crippen LogP contribution in [0.5, 0.6) is 5.75 Å². The molecule has 84 valence electrons. The molecule has 0 aliphatic heterocycles. The van der Waals surface area contributed by atoms with Crippen molar-refractivity contribution in [3.63, 3.8) is 0 Å². The highest BCUT2D eigenvalue weighted by molar-refractivity contribution is 5.29. The minimum Gasteiger partial charge on any atom is -0.505 e. The first-order valence-electron chi connectivity index (χ1n) is 5.39. The van der Waals surface area contributed by atoms with Crippen molar-refractivity contribution in [2.45, 2.75) is 38.6 Å². The standard InChI is InChI=1S/C12H18FNO/c1-2-3-4-5-11(14)9-6-7-12(15)10(13)8-9/h6-8,11,15H,2-5,14H2,1H3/t11-/m1/s1. The van der Waals surface area contributed by atoms with Crippen molar-refractivity contribution >= 4 is 0 Å². The maximum absolute atomic E-state index is 13.0. The molecule has 1 aromatic carbocycles. The summed E-state index contributed by atoms with van der Waals surface area (Å²) >= 11 is 0. The smallest absolute Gasteiger partial charge is 0.165 e. The summed E-state index contributed by atoms with van der Waals surface area (Å²) in [4.78, 5) is 0. The molecule has 2 nitrogen and oxygen atoms in total. The van der Waals surface area contributed by atoms with E-state index in [1.165, 1.54) is 12.1 Å². The average molecular weight is 211 g/mol. The zero-order valence-electron chi connectivity index (χ0n) is 9.04. The molecule has 3 N–H and O–H groups in total. The number of phenols is 1. The van der Waals surface area contributed by atoms with Crippen LogP contribution in [0.4, 0.5) is 4.39 Å². The van der Waals surface area contributed by atoms with Crippen molar-refractivity contribution in [3.05, 3.63) is 29.6 Å². The summed E-state index contributed by atoms with van der Waals surface area (Å²) in [6.07, 6.45) is 4.21. The molecule has 0 radical (unpaired) electrons. The molecule has 0 aliphatic carbocycles. The zero-order chi connectivity index (χ0) is 11.3. The lowest BCUT2D eigenvalue weighted by molar-refractivity contribution is 0.431. The van der Waals surface area contributed by atoms with Gasteiger partial charge >= 0.3 is 0 Å². The number of benzene rings is 1. The molecule has 0 fully saturated rings. The number of hydrogen-bond acceptors (Lipinski definition) is 2. The van der Waals surface area contributed by atoms with Crippen molar-refractivity contribution in [2.24, 2.45) is 5.73 Å². The molecule has 0 amide bonds. The van der Waals surface area contributed by atoms with Gasteiger partial charge in [-0.25, -0.2) is 4.39 Å². The number of rotatable bonds is 5. The fourth-order valence-corrected chi connectivity index (χ4v) is 1.53. The molecular weight excluding hydrogens is 193 g/mol. The van der Waals surface area contributed by atoms with E-state index in [0.29, 0.717) is 0 Å². The third kappa shape index (κ3) is 3.51. The van der Waals surface area contributed by atoms with Gasteiger partial charge in [-0.3, -0.25) is 0 Å². The maximum atomic E-state index is 13.0. The molecule has 0 aliphatic rings. The molecule has 0 saturated carbocycles. The van der Waals surface area contributed by atoms with E-state index < -0.39 is 5.82 Å². The highest BCUT2D eigenvalue weighted by Crippen LogP contribution is 2.22. The first-order chi connectivity index (χ1) is 7.15. The zero-order valence-corrected chi connectivity index (χ0v) is 9.04. The van der Waals surface area contributed by atoms with Gasteiger partial charge in [0.25, 0.3) is 0 Å². The second-order valence-corrected chi connectivity index (χ2v) is 3.81. The fraction of sp³-hybridized carbons (Fsp3) is 0.500. The third-order valence-corrected chi connectivity index (χ3v) is 2.52. The molecule has 0 aromatic heterocycles. The number of phenolic OH excluding ortho intramolecular Hbond substituents is 1. The first kappa shape index (κ1) is 12.0. The highest BCUT2D eigenvalue weighted by Gasteiger charge is 2.08. The van der Waals surface area contributed by atoms with Crippen LogP contribution >= 0.6 is 0 Å². The van der Waals surface area contributed by atoms with E-state index in [4.69, 9.17) is 10.8 Å². The van der Waals surface area contributed by atoms with Crippen molar-refractivity contribution in [1.82, 2.24) is 0 Å². The lowest BCUT2D eigenvalue weighted by atomic mass is 10.0. The summed E-state index contributed by atoms with van der Waals surface area (Å²) in [6.45, 7) is 2.13. The van der Waals surface area contributed by atoms with Crippen molar-refractivity contribution in [3.8, 4) is 5.75 Å². The summed E-state index contributed by atoms with van der Waals surface area (Å²) in [5.41, 5.74) is 6.66. The number of aromatic hydroxyl groups is 1. The van der Waals surface area contributed by atoms with Gasteiger partial charge in [0, 0.05) is 6.04 Å². The Hall–Kier alpha value is -1.09. The van der Waals surface area contributed by atoms with Crippen LogP contribution in [0.1, 0.15) is 44.2 Å². The topological polar surface area (TPSA) is 46.2 Å². The lowest BCUT2D eigenvalue weighted by Crippen LogP contribution is -2.10. The number of halogens is 1. The van der Waals surface area contributed by atoms with Gasteiger partial charge in [0.1, 0.15) is 0 Å². The summed E-state index contributed by atoms with van der Waals surface area (Å²) in [5, 5.41) is 9.02. The molecular formula is C12H18FNO. The molecule has 0 bridgehead atoms. The van der Waals surface area contributed by atoms with Gasteiger partial charge in [-0.2, -0.15) is 0 Å². The van der Waals surface area contributed by atoms with Gasteiger partial charge in [-0.1, -0.05) is 32.3 Å². The van der Waals surface area contributed by atoms with Crippen LogP contribution in [-0.2, 0) is 0 Å². The van der Waals surface area contributed by atoms with Crippen molar-refractivity contribution in [1.29, 1.82) is 0 Å².